The summed E-state index contributed by atoms with van der Waals surface area (Å²) in [7, 11) is 0. The molecule has 0 fully saturated rings. The van der Waals surface area contributed by atoms with Gasteiger partial charge in [0.2, 0.25) is 0 Å². The van der Waals surface area contributed by atoms with Crippen molar-refractivity contribution in [2.24, 2.45) is 0 Å². The molecule has 1 aromatic heterocycles. The van der Waals surface area contributed by atoms with Gasteiger partial charge in [-0.2, -0.15) is 0 Å². The first-order valence-corrected chi connectivity index (χ1v) is 9.77. The average Bonchev–Trinajstić information content (AvgIpc) is 3.18. The van der Waals surface area contributed by atoms with Crippen molar-refractivity contribution in [1.82, 2.24) is 10.3 Å². The van der Waals surface area contributed by atoms with Gasteiger partial charge in [0.15, 0.2) is 5.78 Å². The van der Waals surface area contributed by atoms with Crippen molar-refractivity contribution in [1.29, 1.82) is 0 Å². The van der Waals surface area contributed by atoms with Gasteiger partial charge in [0.25, 0.3) is 0 Å². The van der Waals surface area contributed by atoms with Crippen LogP contribution >= 0.6 is 0 Å². The predicted molar refractivity (Wildman–Crippen MR) is 117 cm³/mol. The molecule has 0 aliphatic rings. The minimum atomic E-state index is -0.667. The van der Waals surface area contributed by atoms with Gasteiger partial charge in [-0.1, -0.05) is 30.3 Å². The standard InChI is InChI=1S/C24H28N2O3/c1-24(2,3)26-15-18(27)16-29-23-10-5-4-8-20(23)22(28)12-11-17-7-6-9-21-19(17)13-14-25-21/h4-14,18,25-27H,15-16H2,1-3H3. The van der Waals surface area contributed by atoms with Gasteiger partial charge in [-0.3, -0.25) is 4.79 Å². The molecule has 0 spiro atoms. The Morgan fingerprint density at radius 3 is 2.76 bits per heavy atom. The number of para-hydroxylation sites is 1. The van der Waals surface area contributed by atoms with Crippen LogP contribution in [0.15, 0.2) is 60.8 Å². The fourth-order valence-corrected chi connectivity index (χ4v) is 2.98. The monoisotopic (exact) mass is 392 g/mol. The molecule has 3 N–H and O–H groups in total. The summed E-state index contributed by atoms with van der Waals surface area (Å²) in [6, 6.07) is 15.0. The van der Waals surface area contributed by atoms with Crippen LogP contribution in [-0.4, -0.2) is 40.7 Å². The fourth-order valence-electron chi connectivity index (χ4n) is 2.98. The molecule has 0 aliphatic heterocycles. The SMILES string of the molecule is CC(C)(C)NCC(O)COc1ccccc1C(=O)C=Cc1cccc2[nH]ccc12. The maximum absolute atomic E-state index is 12.8. The van der Waals surface area contributed by atoms with Crippen LogP contribution in [0.1, 0.15) is 36.7 Å². The van der Waals surface area contributed by atoms with Crippen molar-refractivity contribution in [3.63, 3.8) is 0 Å². The van der Waals surface area contributed by atoms with Gasteiger partial charge in [0, 0.05) is 29.2 Å². The van der Waals surface area contributed by atoms with Crippen molar-refractivity contribution in [2.45, 2.75) is 32.4 Å². The van der Waals surface area contributed by atoms with E-state index in [4.69, 9.17) is 4.74 Å². The zero-order valence-corrected chi connectivity index (χ0v) is 17.1. The quantitative estimate of drug-likeness (QED) is 0.397. The molecule has 3 rings (SSSR count). The Labute approximate surface area is 171 Å². The second kappa shape index (κ2) is 9.07. The lowest BCUT2D eigenvalue weighted by Gasteiger charge is -2.23. The van der Waals surface area contributed by atoms with E-state index in [2.05, 4.69) is 10.3 Å². The Bertz CT molecular complexity index is 999. The van der Waals surface area contributed by atoms with Crippen LogP contribution in [0.25, 0.3) is 17.0 Å². The third kappa shape index (κ3) is 5.79. The normalized spacial score (nSPS) is 13.1. The van der Waals surface area contributed by atoms with E-state index in [1.165, 1.54) is 0 Å². The largest absolute Gasteiger partial charge is 0.490 e. The second-order valence-corrected chi connectivity index (χ2v) is 8.08. The molecule has 3 aromatic rings. The lowest BCUT2D eigenvalue weighted by molar-refractivity contribution is 0.0963. The Hall–Kier alpha value is -2.89. The Balaban J connectivity index is 1.68. The number of aromatic nitrogens is 1. The Morgan fingerprint density at radius 1 is 1.17 bits per heavy atom. The molecule has 0 amide bonds. The van der Waals surface area contributed by atoms with Crippen LogP contribution in [0.5, 0.6) is 5.75 Å². The van der Waals surface area contributed by atoms with E-state index >= 15 is 0 Å². The summed E-state index contributed by atoms with van der Waals surface area (Å²) in [6.07, 6.45) is 4.59. The van der Waals surface area contributed by atoms with E-state index < -0.39 is 6.10 Å². The molecule has 1 heterocycles. The highest BCUT2D eigenvalue weighted by molar-refractivity contribution is 6.09. The highest BCUT2D eigenvalue weighted by Gasteiger charge is 2.15. The van der Waals surface area contributed by atoms with Crippen LogP contribution in [0.3, 0.4) is 0 Å². The number of aromatic amines is 1. The number of ether oxygens (including phenoxy) is 1. The number of hydrogen-bond acceptors (Lipinski definition) is 4. The first-order valence-electron chi connectivity index (χ1n) is 9.77. The number of ketones is 1. The highest BCUT2D eigenvalue weighted by atomic mass is 16.5. The summed E-state index contributed by atoms with van der Waals surface area (Å²) < 4.78 is 5.75. The van der Waals surface area contributed by atoms with Crippen molar-refractivity contribution in [3.8, 4) is 5.75 Å². The summed E-state index contributed by atoms with van der Waals surface area (Å²) in [5.74, 6) is 0.326. The van der Waals surface area contributed by atoms with Crippen LogP contribution in [-0.2, 0) is 0 Å². The fraction of sp³-hybridized carbons (Fsp3) is 0.292. The molecular formula is C24H28N2O3. The molecule has 0 bridgehead atoms. The number of fused-ring (bicyclic) bond motifs is 1. The minimum Gasteiger partial charge on any atom is -0.490 e. The topological polar surface area (TPSA) is 74.3 Å². The average molecular weight is 392 g/mol. The second-order valence-electron chi connectivity index (χ2n) is 8.08. The minimum absolute atomic E-state index is 0.0814. The number of H-pyrrole nitrogens is 1. The third-order valence-electron chi connectivity index (χ3n) is 4.49. The number of carbonyl (C=O) groups is 1. The van der Waals surface area contributed by atoms with E-state index in [0.717, 1.165) is 16.5 Å². The van der Waals surface area contributed by atoms with Crippen LogP contribution in [0, 0.1) is 0 Å². The molecule has 1 unspecified atom stereocenters. The van der Waals surface area contributed by atoms with Gasteiger partial charge in [-0.25, -0.2) is 0 Å². The van der Waals surface area contributed by atoms with E-state index in [0.29, 0.717) is 17.9 Å². The molecule has 29 heavy (non-hydrogen) atoms. The first-order chi connectivity index (χ1) is 13.8. The molecule has 0 aliphatic carbocycles. The van der Waals surface area contributed by atoms with Gasteiger partial charge < -0.3 is 20.1 Å². The number of β-amino-alcohol motifs (C(OH)–C–C–N with tert-alkyl or cyclic N) is 1. The molecular weight excluding hydrogens is 364 g/mol. The van der Waals surface area contributed by atoms with Crippen LogP contribution in [0.4, 0.5) is 0 Å². The summed E-state index contributed by atoms with van der Waals surface area (Å²) in [4.78, 5) is 15.9. The Morgan fingerprint density at radius 2 is 1.97 bits per heavy atom. The van der Waals surface area contributed by atoms with Gasteiger partial charge in [0.1, 0.15) is 18.5 Å². The molecule has 5 nitrogen and oxygen atoms in total. The first kappa shape index (κ1) is 20.8. The number of benzene rings is 2. The van der Waals surface area contributed by atoms with E-state index in [1.807, 2.05) is 63.4 Å². The number of nitrogens with one attached hydrogen (secondary N) is 2. The third-order valence-corrected chi connectivity index (χ3v) is 4.49. The molecule has 0 saturated heterocycles. The van der Waals surface area contributed by atoms with Crippen LogP contribution in [0.2, 0.25) is 0 Å². The van der Waals surface area contributed by atoms with E-state index in [1.54, 1.807) is 24.3 Å². The number of hydrogen-bond donors (Lipinski definition) is 3. The summed E-state index contributed by atoms with van der Waals surface area (Å²) in [5, 5.41) is 14.4. The van der Waals surface area contributed by atoms with Crippen molar-refractivity contribution in [3.05, 3.63) is 71.9 Å². The lowest BCUT2D eigenvalue weighted by Crippen LogP contribution is -2.42. The number of aliphatic hydroxyl groups excluding tert-OH is 1. The molecule has 2 aromatic carbocycles. The molecule has 1 atom stereocenters. The number of aliphatic hydroxyl groups is 1. The zero-order valence-electron chi connectivity index (χ0n) is 17.1. The highest BCUT2D eigenvalue weighted by Crippen LogP contribution is 2.22. The summed E-state index contributed by atoms with van der Waals surface area (Å²) in [6.45, 7) is 6.64. The number of carbonyl (C=O) groups excluding carboxylic acids is 1. The number of rotatable bonds is 8. The van der Waals surface area contributed by atoms with Crippen molar-refractivity contribution < 1.29 is 14.6 Å². The van der Waals surface area contributed by atoms with Crippen molar-refractivity contribution >= 4 is 22.8 Å². The summed E-state index contributed by atoms with van der Waals surface area (Å²) in [5.41, 5.74) is 2.39. The van der Waals surface area contributed by atoms with E-state index in [9.17, 15) is 9.90 Å². The van der Waals surface area contributed by atoms with E-state index in [-0.39, 0.29) is 17.9 Å². The van der Waals surface area contributed by atoms with Gasteiger partial charge in [-0.15, -0.1) is 0 Å². The summed E-state index contributed by atoms with van der Waals surface area (Å²) >= 11 is 0. The maximum Gasteiger partial charge on any atom is 0.189 e. The maximum atomic E-state index is 12.8. The Kier molecular flexibility index (Phi) is 6.52. The predicted octanol–water partition coefficient (Wildman–Crippen LogP) is 4.19. The molecule has 152 valence electrons. The molecule has 0 radical (unpaired) electrons. The van der Waals surface area contributed by atoms with Gasteiger partial charge in [0.05, 0.1) is 5.56 Å². The van der Waals surface area contributed by atoms with Gasteiger partial charge in [-0.05, 0) is 56.7 Å². The smallest absolute Gasteiger partial charge is 0.189 e. The van der Waals surface area contributed by atoms with Crippen LogP contribution < -0.4 is 10.1 Å². The lowest BCUT2D eigenvalue weighted by atomic mass is 10.1. The van der Waals surface area contributed by atoms with Crippen molar-refractivity contribution in [2.75, 3.05) is 13.2 Å². The molecule has 0 saturated carbocycles. The molecule has 5 heteroatoms. The number of allylic oxidation sites excluding steroid dienone is 1. The van der Waals surface area contributed by atoms with Gasteiger partial charge >= 0.3 is 0 Å². The zero-order chi connectivity index (χ0) is 20.9.